The Hall–Kier alpha value is -0.960. The molecule has 1 aromatic rings. The minimum absolute atomic E-state index is 0.134. The summed E-state index contributed by atoms with van der Waals surface area (Å²) in [5, 5.41) is 2.91. The monoisotopic (exact) mass is 237 g/mol. The van der Waals surface area contributed by atoms with E-state index in [0.717, 1.165) is 12.3 Å². The molecule has 0 aromatic heterocycles. The zero-order valence-electron chi connectivity index (χ0n) is 9.90. The van der Waals surface area contributed by atoms with Crippen molar-refractivity contribution in [1.29, 1.82) is 0 Å². The number of amides is 1. The van der Waals surface area contributed by atoms with Crippen LogP contribution in [-0.2, 0) is 10.5 Å². The van der Waals surface area contributed by atoms with Crippen molar-refractivity contribution in [3.8, 4) is 0 Å². The van der Waals surface area contributed by atoms with Gasteiger partial charge in [-0.05, 0) is 11.5 Å². The molecule has 0 radical (unpaired) electrons. The lowest BCUT2D eigenvalue weighted by molar-refractivity contribution is -0.118. The molecule has 0 aliphatic carbocycles. The lowest BCUT2D eigenvalue weighted by atomic mass is 10.2. The van der Waals surface area contributed by atoms with Gasteiger partial charge in [0.25, 0.3) is 0 Å². The summed E-state index contributed by atoms with van der Waals surface area (Å²) in [6.45, 7) is 4.96. The van der Waals surface area contributed by atoms with Gasteiger partial charge in [0.1, 0.15) is 0 Å². The summed E-state index contributed by atoms with van der Waals surface area (Å²) in [6, 6.07) is 10.2. The van der Waals surface area contributed by atoms with Gasteiger partial charge in [0, 0.05) is 12.3 Å². The fraction of sp³-hybridized carbons (Fsp3) is 0.462. The van der Waals surface area contributed by atoms with Crippen LogP contribution in [0.1, 0.15) is 19.4 Å². The van der Waals surface area contributed by atoms with E-state index in [-0.39, 0.29) is 5.91 Å². The van der Waals surface area contributed by atoms with Crippen LogP contribution in [0.4, 0.5) is 0 Å². The SMILES string of the molecule is CC(C)CNC(=O)CSCc1ccccc1. The lowest BCUT2D eigenvalue weighted by Gasteiger charge is -2.07. The van der Waals surface area contributed by atoms with Gasteiger partial charge in [0.05, 0.1) is 5.75 Å². The van der Waals surface area contributed by atoms with E-state index in [1.807, 2.05) is 18.2 Å². The first kappa shape index (κ1) is 13.1. The Morgan fingerprint density at radius 1 is 1.31 bits per heavy atom. The summed E-state index contributed by atoms with van der Waals surface area (Å²) in [5.41, 5.74) is 1.27. The Kier molecular flexibility index (Phi) is 6.01. The molecule has 1 amide bonds. The van der Waals surface area contributed by atoms with Crippen LogP contribution >= 0.6 is 11.8 Å². The largest absolute Gasteiger partial charge is 0.355 e. The van der Waals surface area contributed by atoms with E-state index < -0.39 is 0 Å². The van der Waals surface area contributed by atoms with Crippen LogP contribution in [0, 0.1) is 5.92 Å². The molecule has 0 aliphatic heterocycles. The van der Waals surface area contributed by atoms with Crippen molar-refractivity contribution in [1.82, 2.24) is 5.32 Å². The summed E-state index contributed by atoms with van der Waals surface area (Å²) in [5.74, 6) is 2.09. The number of benzene rings is 1. The average Bonchev–Trinajstić information content (AvgIpc) is 2.28. The molecule has 0 aliphatic rings. The third kappa shape index (κ3) is 5.81. The molecule has 1 aromatic carbocycles. The Labute approximate surface area is 102 Å². The Bertz CT molecular complexity index is 311. The van der Waals surface area contributed by atoms with Crippen molar-refractivity contribution in [2.45, 2.75) is 19.6 Å². The summed E-state index contributed by atoms with van der Waals surface area (Å²) in [6.07, 6.45) is 0. The smallest absolute Gasteiger partial charge is 0.230 e. The highest BCUT2D eigenvalue weighted by Gasteiger charge is 2.02. The average molecular weight is 237 g/mol. The van der Waals surface area contributed by atoms with Gasteiger partial charge in [-0.1, -0.05) is 44.2 Å². The van der Waals surface area contributed by atoms with Gasteiger partial charge in [0.2, 0.25) is 5.91 Å². The summed E-state index contributed by atoms with van der Waals surface area (Å²) in [7, 11) is 0. The molecule has 0 spiro atoms. The van der Waals surface area contributed by atoms with E-state index in [4.69, 9.17) is 0 Å². The van der Waals surface area contributed by atoms with Crippen LogP contribution in [0.15, 0.2) is 30.3 Å². The number of rotatable bonds is 6. The maximum Gasteiger partial charge on any atom is 0.230 e. The molecule has 2 nitrogen and oxygen atoms in total. The molecule has 0 unspecified atom stereocenters. The highest BCUT2D eigenvalue weighted by molar-refractivity contribution is 7.99. The van der Waals surface area contributed by atoms with Gasteiger partial charge < -0.3 is 5.32 Å². The number of carbonyl (C=O) groups is 1. The van der Waals surface area contributed by atoms with Crippen LogP contribution in [0.3, 0.4) is 0 Å². The van der Waals surface area contributed by atoms with Crippen molar-refractivity contribution >= 4 is 17.7 Å². The van der Waals surface area contributed by atoms with Gasteiger partial charge >= 0.3 is 0 Å². The second-order valence-electron chi connectivity index (χ2n) is 4.18. The van der Waals surface area contributed by atoms with Gasteiger partial charge in [0.15, 0.2) is 0 Å². The van der Waals surface area contributed by atoms with Gasteiger partial charge in [-0.25, -0.2) is 0 Å². The molecule has 1 rings (SSSR count). The fourth-order valence-corrected chi connectivity index (χ4v) is 2.02. The quantitative estimate of drug-likeness (QED) is 0.824. The molecule has 0 heterocycles. The molecular weight excluding hydrogens is 218 g/mol. The Balaban J connectivity index is 2.13. The first-order chi connectivity index (χ1) is 7.68. The predicted octanol–water partition coefficient (Wildman–Crippen LogP) is 2.69. The van der Waals surface area contributed by atoms with Crippen LogP contribution in [0.25, 0.3) is 0 Å². The summed E-state index contributed by atoms with van der Waals surface area (Å²) >= 11 is 1.65. The molecule has 0 bridgehead atoms. The number of thioether (sulfide) groups is 1. The number of hydrogen-bond donors (Lipinski definition) is 1. The second-order valence-corrected chi connectivity index (χ2v) is 5.16. The molecular formula is C13H19NOS. The van der Waals surface area contributed by atoms with E-state index in [1.54, 1.807) is 11.8 Å². The summed E-state index contributed by atoms with van der Waals surface area (Å²) in [4.78, 5) is 11.4. The predicted molar refractivity (Wildman–Crippen MR) is 70.5 cm³/mol. The van der Waals surface area contributed by atoms with E-state index in [0.29, 0.717) is 11.7 Å². The van der Waals surface area contributed by atoms with Crippen molar-refractivity contribution < 1.29 is 4.79 Å². The van der Waals surface area contributed by atoms with Crippen molar-refractivity contribution in [2.75, 3.05) is 12.3 Å². The summed E-state index contributed by atoms with van der Waals surface area (Å²) < 4.78 is 0. The lowest BCUT2D eigenvalue weighted by Crippen LogP contribution is -2.28. The highest BCUT2D eigenvalue weighted by Crippen LogP contribution is 2.10. The molecule has 0 fully saturated rings. The molecule has 1 N–H and O–H groups in total. The number of nitrogens with one attached hydrogen (secondary N) is 1. The third-order valence-corrected chi connectivity index (χ3v) is 3.06. The minimum atomic E-state index is 0.134. The molecule has 3 heteroatoms. The molecule has 0 atom stereocenters. The molecule has 0 saturated heterocycles. The Morgan fingerprint density at radius 2 is 2.00 bits per heavy atom. The first-order valence-corrected chi connectivity index (χ1v) is 6.72. The minimum Gasteiger partial charge on any atom is -0.355 e. The van der Waals surface area contributed by atoms with Gasteiger partial charge in [-0.3, -0.25) is 4.79 Å². The topological polar surface area (TPSA) is 29.1 Å². The zero-order valence-corrected chi connectivity index (χ0v) is 10.7. The normalized spacial score (nSPS) is 10.4. The third-order valence-electron chi connectivity index (χ3n) is 2.05. The standard InChI is InChI=1S/C13H19NOS/c1-11(2)8-14-13(15)10-16-9-12-6-4-3-5-7-12/h3-7,11H,8-10H2,1-2H3,(H,14,15). The first-order valence-electron chi connectivity index (χ1n) is 5.57. The Morgan fingerprint density at radius 3 is 2.62 bits per heavy atom. The zero-order chi connectivity index (χ0) is 11.8. The van der Waals surface area contributed by atoms with Crippen molar-refractivity contribution in [3.05, 3.63) is 35.9 Å². The van der Waals surface area contributed by atoms with Crippen LogP contribution in [0.5, 0.6) is 0 Å². The van der Waals surface area contributed by atoms with Crippen molar-refractivity contribution in [3.63, 3.8) is 0 Å². The van der Waals surface area contributed by atoms with E-state index in [2.05, 4.69) is 31.3 Å². The van der Waals surface area contributed by atoms with E-state index in [9.17, 15) is 4.79 Å². The van der Waals surface area contributed by atoms with E-state index in [1.165, 1.54) is 5.56 Å². The van der Waals surface area contributed by atoms with Crippen LogP contribution in [-0.4, -0.2) is 18.2 Å². The molecule has 88 valence electrons. The second kappa shape index (κ2) is 7.34. The van der Waals surface area contributed by atoms with Gasteiger partial charge in [-0.15, -0.1) is 11.8 Å². The molecule has 0 saturated carbocycles. The fourth-order valence-electron chi connectivity index (χ4n) is 1.20. The van der Waals surface area contributed by atoms with Gasteiger partial charge in [-0.2, -0.15) is 0 Å². The number of carbonyl (C=O) groups excluding carboxylic acids is 1. The number of hydrogen-bond acceptors (Lipinski definition) is 2. The van der Waals surface area contributed by atoms with Crippen LogP contribution < -0.4 is 5.32 Å². The molecule has 16 heavy (non-hydrogen) atoms. The van der Waals surface area contributed by atoms with E-state index >= 15 is 0 Å². The maximum absolute atomic E-state index is 11.4. The highest BCUT2D eigenvalue weighted by atomic mass is 32.2. The van der Waals surface area contributed by atoms with Crippen LogP contribution in [0.2, 0.25) is 0 Å². The van der Waals surface area contributed by atoms with Crippen molar-refractivity contribution in [2.24, 2.45) is 5.92 Å². The maximum atomic E-state index is 11.4.